The molecule has 1 heterocycles. The molecule has 1 N–H and O–H groups in total. The minimum atomic E-state index is -3.41. The van der Waals surface area contributed by atoms with Crippen LogP contribution in [0, 0.1) is 0 Å². The maximum absolute atomic E-state index is 12.6. The van der Waals surface area contributed by atoms with E-state index in [1.807, 2.05) is 14.0 Å². The summed E-state index contributed by atoms with van der Waals surface area (Å²) < 4.78 is 37.5. The van der Waals surface area contributed by atoms with Gasteiger partial charge in [-0.3, -0.25) is 0 Å². The first-order valence-corrected chi connectivity index (χ1v) is 9.50. The molecular weight excluding hydrogens is 352 g/mol. The maximum Gasteiger partial charge on any atom is 0.243 e. The minimum absolute atomic E-state index is 0. The van der Waals surface area contributed by atoms with E-state index in [4.69, 9.17) is 9.47 Å². The summed E-state index contributed by atoms with van der Waals surface area (Å²) in [5.74, 6) is 0.651. The summed E-state index contributed by atoms with van der Waals surface area (Å²) in [5.41, 5.74) is 0. The second-order valence-electron chi connectivity index (χ2n) is 5.48. The summed E-state index contributed by atoms with van der Waals surface area (Å²) in [6.07, 6.45) is 1.68. The molecule has 2 rings (SSSR count). The summed E-state index contributed by atoms with van der Waals surface area (Å²) in [4.78, 5) is 0.317. The first-order valence-electron chi connectivity index (χ1n) is 8.06. The molecular formula is C16H27ClN2O4S. The molecule has 1 aliphatic rings. The molecule has 0 aliphatic carbocycles. The number of piperidine rings is 1. The summed E-state index contributed by atoms with van der Waals surface area (Å²) in [6.45, 7) is 4.68. The van der Waals surface area contributed by atoms with Crippen LogP contribution in [0.15, 0.2) is 29.2 Å². The fourth-order valence-electron chi connectivity index (χ4n) is 2.60. The molecule has 0 bridgehead atoms. The van der Waals surface area contributed by atoms with Crippen molar-refractivity contribution in [3.63, 3.8) is 0 Å². The van der Waals surface area contributed by atoms with Crippen molar-refractivity contribution in [1.82, 2.24) is 9.62 Å². The molecule has 1 saturated heterocycles. The van der Waals surface area contributed by atoms with E-state index in [0.717, 1.165) is 12.8 Å². The standard InChI is InChI=1S/C16H26N2O4S.ClH/c1-3-21-12-13-22-15-4-6-16(7-5-15)23(19,20)18-10-8-14(17-2)9-11-18;/h4-7,14,17H,3,8-13H2,1-2H3;1H. The summed E-state index contributed by atoms with van der Waals surface area (Å²) >= 11 is 0. The van der Waals surface area contributed by atoms with Crippen molar-refractivity contribution in [2.24, 2.45) is 0 Å². The molecule has 0 aromatic heterocycles. The van der Waals surface area contributed by atoms with Gasteiger partial charge in [-0.15, -0.1) is 12.4 Å². The molecule has 1 aliphatic heterocycles. The number of hydrogen-bond acceptors (Lipinski definition) is 5. The van der Waals surface area contributed by atoms with Crippen molar-refractivity contribution in [2.75, 3.05) is 40.0 Å². The molecule has 8 heteroatoms. The summed E-state index contributed by atoms with van der Waals surface area (Å²) in [5, 5.41) is 3.20. The fourth-order valence-corrected chi connectivity index (χ4v) is 4.07. The largest absolute Gasteiger partial charge is 0.491 e. The Balaban J connectivity index is 0.00000288. The van der Waals surface area contributed by atoms with Crippen LogP contribution < -0.4 is 10.1 Å². The van der Waals surface area contributed by atoms with Crippen LogP contribution >= 0.6 is 12.4 Å². The van der Waals surface area contributed by atoms with Gasteiger partial charge in [-0.25, -0.2) is 8.42 Å². The topological polar surface area (TPSA) is 67.9 Å². The lowest BCUT2D eigenvalue weighted by Gasteiger charge is -2.31. The third-order valence-electron chi connectivity index (χ3n) is 4.02. The minimum Gasteiger partial charge on any atom is -0.491 e. The number of rotatable bonds is 8. The van der Waals surface area contributed by atoms with Crippen LogP contribution in [-0.4, -0.2) is 58.7 Å². The number of nitrogens with one attached hydrogen (secondary N) is 1. The molecule has 0 unspecified atom stereocenters. The van der Waals surface area contributed by atoms with E-state index in [2.05, 4.69) is 5.32 Å². The number of nitrogens with zero attached hydrogens (tertiary/aromatic N) is 1. The van der Waals surface area contributed by atoms with E-state index in [-0.39, 0.29) is 12.4 Å². The van der Waals surface area contributed by atoms with Crippen molar-refractivity contribution < 1.29 is 17.9 Å². The lowest BCUT2D eigenvalue weighted by atomic mass is 10.1. The van der Waals surface area contributed by atoms with Gasteiger partial charge in [0.2, 0.25) is 10.0 Å². The summed E-state index contributed by atoms with van der Waals surface area (Å²) in [7, 11) is -1.50. The maximum atomic E-state index is 12.6. The molecule has 0 radical (unpaired) electrons. The lowest BCUT2D eigenvalue weighted by molar-refractivity contribution is 0.110. The molecule has 24 heavy (non-hydrogen) atoms. The van der Waals surface area contributed by atoms with Crippen LogP contribution in [0.1, 0.15) is 19.8 Å². The van der Waals surface area contributed by atoms with Crippen LogP contribution in [0.2, 0.25) is 0 Å². The van der Waals surface area contributed by atoms with Crippen LogP contribution in [0.4, 0.5) is 0 Å². The Bertz CT molecular complexity index is 572. The van der Waals surface area contributed by atoms with Gasteiger partial charge in [-0.2, -0.15) is 4.31 Å². The first-order chi connectivity index (χ1) is 11.1. The third-order valence-corrected chi connectivity index (χ3v) is 5.94. The summed E-state index contributed by atoms with van der Waals surface area (Å²) in [6, 6.07) is 7.01. The second-order valence-corrected chi connectivity index (χ2v) is 7.42. The third kappa shape index (κ3) is 5.60. The van der Waals surface area contributed by atoms with E-state index in [1.54, 1.807) is 28.6 Å². The smallest absolute Gasteiger partial charge is 0.243 e. The molecule has 138 valence electrons. The van der Waals surface area contributed by atoms with Crippen molar-refractivity contribution >= 4 is 22.4 Å². The van der Waals surface area contributed by atoms with Gasteiger partial charge in [0.15, 0.2) is 0 Å². The Morgan fingerprint density at radius 2 is 1.79 bits per heavy atom. The Morgan fingerprint density at radius 3 is 2.33 bits per heavy atom. The van der Waals surface area contributed by atoms with Crippen molar-refractivity contribution in [3.05, 3.63) is 24.3 Å². The molecule has 1 aromatic rings. The second kappa shape index (κ2) is 10.2. The van der Waals surface area contributed by atoms with E-state index in [1.165, 1.54) is 0 Å². The van der Waals surface area contributed by atoms with Crippen molar-refractivity contribution in [2.45, 2.75) is 30.7 Å². The first kappa shape index (κ1) is 21.2. The molecule has 0 atom stereocenters. The highest BCUT2D eigenvalue weighted by molar-refractivity contribution is 7.89. The molecule has 0 amide bonds. The van der Waals surface area contributed by atoms with Gasteiger partial charge in [0.25, 0.3) is 0 Å². The Morgan fingerprint density at radius 1 is 1.17 bits per heavy atom. The number of halogens is 1. The monoisotopic (exact) mass is 378 g/mol. The molecule has 0 spiro atoms. The molecule has 1 aromatic carbocycles. The predicted octanol–water partition coefficient (Wildman–Crippen LogP) is 1.90. The number of sulfonamides is 1. The zero-order chi connectivity index (χ0) is 16.7. The van der Waals surface area contributed by atoms with Gasteiger partial charge >= 0.3 is 0 Å². The Kier molecular flexibility index (Phi) is 9.01. The van der Waals surface area contributed by atoms with Crippen molar-refractivity contribution in [1.29, 1.82) is 0 Å². The van der Waals surface area contributed by atoms with E-state index in [9.17, 15) is 8.42 Å². The highest BCUT2D eigenvalue weighted by Gasteiger charge is 2.28. The van der Waals surface area contributed by atoms with Gasteiger partial charge in [0.05, 0.1) is 11.5 Å². The average molecular weight is 379 g/mol. The van der Waals surface area contributed by atoms with Crippen molar-refractivity contribution in [3.8, 4) is 5.75 Å². The van der Waals surface area contributed by atoms with Gasteiger partial charge < -0.3 is 14.8 Å². The predicted molar refractivity (Wildman–Crippen MR) is 96.5 cm³/mol. The van der Waals surface area contributed by atoms with Crippen LogP contribution in [-0.2, 0) is 14.8 Å². The van der Waals surface area contributed by atoms with Crippen LogP contribution in [0.3, 0.4) is 0 Å². The van der Waals surface area contributed by atoms with Gasteiger partial charge in [-0.05, 0) is 51.1 Å². The van der Waals surface area contributed by atoms with E-state index < -0.39 is 10.0 Å². The quantitative estimate of drug-likeness (QED) is 0.700. The fraction of sp³-hybridized carbons (Fsp3) is 0.625. The zero-order valence-electron chi connectivity index (χ0n) is 14.2. The SMILES string of the molecule is CCOCCOc1ccc(S(=O)(=O)N2CCC(NC)CC2)cc1.Cl. The zero-order valence-corrected chi connectivity index (χ0v) is 15.9. The van der Waals surface area contributed by atoms with Crippen LogP contribution in [0.5, 0.6) is 5.75 Å². The van der Waals surface area contributed by atoms with E-state index in [0.29, 0.717) is 49.6 Å². The number of benzene rings is 1. The highest BCUT2D eigenvalue weighted by Crippen LogP contribution is 2.22. The highest BCUT2D eigenvalue weighted by atomic mass is 35.5. The van der Waals surface area contributed by atoms with Gasteiger partial charge in [-0.1, -0.05) is 0 Å². The van der Waals surface area contributed by atoms with Crippen LogP contribution in [0.25, 0.3) is 0 Å². The molecule has 6 nitrogen and oxygen atoms in total. The molecule has 0 saturated carbocycles. The Labute approximate surface area is 151 Å². The van der Waals surface area contributed by atoms with E-state index >= 15 is 0 Å². The van der Waals surface area contributed by atoms with Gasteiger partial charge in [0.1, 0.15) is 12.4 Å². The number of hydrogen-bond donors (Lipinski definition) is 1. The number of ether oxygens (including phenoxy) is 2. The normalized spacial score (nSPS) is 16.6. The average Bonchev–Trinajstić information content (AvgIpc) is 2.59. The van der Waals surface area contributed by atoms with Gasteiger partial charge in [0, 0.05) is 25.7 Å². The lowest BCUT2D eigenvalue weighted by Crippen LogP contribution is -2.43. The molecule has 1 fully saturated rings. The Hall–Kier alpha value is -0.860.